The van der Waals surface area contributed by atoms with E-state index in [0.717, 1.165) is 0 Å². The molecule has 7 nitrogen and oxygen atoms in total. The number of amides is 1. The first-order valence-corrected chi connectivity index (χ1v) is 9.15. The average Bonchev–Trinajstić information content (AvgIpc) is 2.54. The number of carbonyl (C=O) groups excluding carboxylic acids is 1. The maximum atomic E-state index is 11.6. The molecule has 1 N–H and O–H groups in total. The van der Waals surface area contributed by atoms with E-state index < -0.39 is 0 Å². The Hall–Kier alpha value is -0.730. The largest absolute Gasteiger partial charge is 0.377 e. The fraction of sp³-hybridized carbons (Fsp3) is 0.944. The van der Waals surface area contributed by atoms with Gasteiger partial charge in [-0.3, -0.25) is 4.79 Å². The van der Waals surface area contributed by atoms with Crippen LogP contribution in [0.25, 0.3) is 0 Å². The summed E-state index contributed by atoms with van der Waals surface area (Å²) in [5, 5.41) is 2.88. The quantitative estimate of drug-likeness (QED) is 0.396. The Labute approximate surface area is 152 Å². The summed E-state index contributed by atoms with van der Waals surface area (Å²) in [6.45, 7) is 14.3. The molecule has 0 aromatic rings. The van der Waals surface area contributed by atoms with Crippen LogP contribution in [-0.4, -0.2) is 77.5 Å². The Bertz CT molecular complexity index is 312. The molecule has 0 aromatic heterocycles. The lowest BCUT2D eigenvalue weighted by molar-refractivity contribution is -0.127. The van der Waals surface area contributed by atoms with Gasteiger partial charge in [0.1, 0.15) is 6.61 Å². The van der Waals surface area contributed by atoms with Gasteiger partial charge >= 0.3 is 0 Å². The fourth-order valence-corrected chi connectivity index (χ4v) is 1.63. The number of hydrogen-bond acceptors (Lipinski definition) is 6. The van der Waals surface area contributed by atoms with E-state index in [4.69, 9.17) is 23.7 Å². The Morgan fingerprint density at radius 1 is 0.720 bits per heavy atom. The van der Waals surface area contributed by atoms with E-state index in [-0.39, 0.29) is 24.7 Å². The third-order valence-electron chi connectivity index (χ3n) is 3.42. The van der Waals surface area contributed by atoms with Gasteiger partial charge in [-0.25, -0.2) is 0 Å². The summed E-state index contributed by atoms with van der Waals surface area (Å²) < 4.78 is 26.7. The fourth-order valence-electron chi connectivity index (χ4n) is 1.63. The summed E-state index contributed by atoms with van der Waals surface area (Å²) in [6.07, 6.45) is 0.235. The summed E-state index contributed by atoms with van der Waals surface area (Å²) >= 11 is 0. The van der Waals surface area contributed by atoms with Crippen molar-refractivity contribution in [3.05, 3.63) is 0 Å². The lowest BCUT2D eigenvalue weighted by Crippen LogP contribution is -2.38. The number of carbonyl (C=O) groups is 1. The van der Waals surface area contributed by atoms with E-state index in [0.29, 0.717) is 58.8 Å². The number of rotatable bonds is 17. The van der Waals surface area contributed by atoms with E-state index in [1.807, 2.05) is 20.8 Å². The van der Waals surface area contributed by atoms with Crippen LogP contribution in [0, 0.1) is 5.92 Å². The first kappa shape index (κ1) is 24.3. The molecule has 0 aliphatic carbocycles. The Morgan fingerprint density at radius 2 is 1.16 bits per heavy atom. The highest BCUT2D eigenvalue weighted by Crippen LogP contribution is 1.99. The molecule has 0 fully saturated rings. The molecule has 0 aliphatic rings. The van der Waals surface area contributed by atoms with Gasteiger partial charge in [0.25, 0.3) is 0 Å². The molecule has 0 bridgehead atoms. The van der Waals surface area contributed by atoms with Crippen LogP contribution in [0.4, 0.5) is 0 Å². The van der Waals surface area contributed by atoms with Gasteiger partial charge in [0.15, 0.2) is 0 Å². The average molecular weight is 363 g/mol. The number of nitrogens with one attached hydrogen (secondary N) is 1. The molecule has 0 spiro atoms. The van der Waals surface area contributed by atoms with E-state index >= 15 is 0 Å². The Kier molecular flexibility index (Phi) is 16.2. The zero-order chi connectivity index (χ0) is 18.9. The van der Waals surface area contributed by atoms with Gasteiger partial charge in [-0.05, 0) is 26.7 Å². The van der Waals surface area contributed by atoms with Crippen LogP contribution in [0.1, 0.15) is 34.6 Å². The molecule has 150 valence electrons. The van der Waals surface area contributed by atoms with Gasteiger partial charge in [-0.15, -0.1) is 0 Å². The molecular formula is C18H37NO6. The molecule has 25 heavy (non-hydrogen) atoms. The first-order chi connectivity index (χ1) is 11.9. The second-order valence-electron chi connectivity index (χ2n) is 6.41. The molecule has 0 saturated carbocycles. The van der Waals surface area contributed by atoms with E-state index in [2.05, 4.69) is 19.2 Å². The minimum absolute atomic E-state index is 0.0643. The summed E-state index contributed by atoms with van der Waals surface area (Å²) in [4.78, 5) is 11.6. The van der Waals surface area contributed by atoms with Crippen molar-refractivity contribution >= 4 is 5.91 Å². The van der Waals surface area contributed by atoms with Crippen molar-refractivity contribution in [2.75, 3.05) is 59.5 Å². The summed E-state index contributed by atoms with van der Waals surface area (Å²) in [5.74, 6) is 0.314. The number of hydrogen-bond donors (Lipinski definition) is 1. The lowest BCUT2D eigenvalue weighted by Gasteiger charge is -2.17. The van der Waals surface area contributed by atoms with Crippen molar-refractivity contribution in [2.24, 2.45) is 5.92 Å². The van der Waals surface area contributed by atoms with Crippen molar-refractivity contribution < 1.29 is 28.5 Å². The Balaban J connectivity index is 3.20. The van der Waals surface area contributed by atoms with Crippen LogP contribution in [0.15, 0.2) is 0 Å². The van der Waals surface area contributed by atoms with E-state index in [1.165, 1.54) is 0 Å². The highest BCUT2D eigenvalue weighted by atomic mass is 16.6. The minimum Gasteiger partial charge on any atom is -0.377 e. The molecule has 1 atom stereocenters. The van der Waals surface area contributed by atoms with Crippen molar-refractivity contribution in [3.8, 4) is 0 Å². The maximum Gasteiger partial charge on any atom is 0.246 e. The van der Waals surface area contributed by atoms with Crippen LogP contribution < -0.4 is 5.32 Å². The maximum absolute atomic E-state index is 11.6. The van der Waals surface area contributed by atoms with Crippen LogP contribution in [0.2, 0.25) is 0 Å². The smallest absolute Gasteiger partial charge is 0.246 e. The van der Waals surface area contributed by atoms with Crippen LogP contribution >= 0.6 is 0 Å². The molecule has 0 radical (unpaired) electrons. The summed E-state index contributed by atoms with van der Waals surface area (Å²) in [7, 11) is 0. The van der Waals surface area contributed by atoms with Gasteiger partial charge in [-0.2, -0.15) is 0 Å². The number of ether oxygens (including phenoxy) is 5. The molecular weight excluding hydrogens is 326 g/mol. The van der Waals surface area contributed by atoms with Crippen molar-refractivity contribution in [2.45, 2.75) is 46.8 Å². The predicted molar refractivity (Wildman–Crippen MR) is 96.8 cm³/mol. The molecule has 7 heteroatoms. The normalized spacial score (nSPS) is 12.8. The zero-order valence-electron chi connectivity index (χ0n) is 16.5. The molecule has 0 saturated heterocycles. The SMILES string of the molecule is CC(C)OCCOCCOCCOCCOCC(=O)N[C@@H](C)C(C)C. The lowest BCUT2D eigenvalue weighted by atomic mass is 10.1. The molecule has 0 heterocycles. The van der Waals surface area contributed by atoms with Crippen LogP contribution in [-0.2, 0) is 28.5 Å². The standard InChI is InChI=1S/C18H37NO6/c1-15(2)17(5)19-18(20)14-24-11-10-22-7-6-21-8-9-23-12-13-25-16(3)4/h15-17H,6-14H2,1-5H3,(H,19,20)/t17-/m0/s1. The van der Waals surface area contributed by atoms with E-state index in [9.17, 15) is 4.79 Å². The van der Waals surface area contributed by atoms with Crippen molar-refractivity contribution in [1.82, 2.24) is 5.32 Å². The van der Waals surface area contributed by atoms with Gasteiger partial charge in [0.05, 0.1) is 59.0 Å². The minimum atomic E-state index is -0.0941. The van der Waals surface area contributed by atoms with Gasteiger partial charge < -0.3 is 29.0 Å². The third kappa shape index (κ3) is 17.9. The second kappa shape index (κ2) is 16.7. The molecule has 1 amide bonds. The van der Waals surface area contributed by atoms with Crippen LogP contribution in [0.3, 0.4) is 0 Å². The molecule has 0 aliphatic heterocycles. The zero-order valence-corrected chi connectivity index (χ0v) is 16.5. The topological polar surface area (TPSA) is 75.2 Å². The molecule has 0 unspecified atom stereocenters. The Morgan fingerprint density at radius 3 is 1.60 bits per heavy atom. The second-order valence-corrected chi connectivity index (χ2v) is 6.41. The van der Waals surface area contributed by atoms with Gasteiger partial charge in [-0.1, -0.05) is 13.8 Å². The summed E-state index contributed by atoms with van der Waals surface area (Å²) in [6, 6.07) is 0.149. The van der Waals surface area contributed by atoms with E-state index in [1.54, 1.807) is 0 Å². The van der Waals surface area contributed by atoms with Crippen molar-refractivity contribution in [3.63, 3.8) is 0 Å². The predicted octanol–water partition coefficient (Wildman–Crippen LogP) is 1.64. The van der Waals surface area contributed by atoms with Gasteiger partial charge in [0.2, 0.25) is 5.91 Å². The molecule has 0 rings (SSSR count). The van der Waals surface area contributed by atoms with Crippen LogP contribution in [0.5, 0.6) is 0 Å². The summed E-state index contributed by atoms with van der Waals surface area (Å²) in [5.41, 5.74) is 0. The first-order valence-electron chi connectivity index (χ1n) is 9.15. The van der Waals surface area contributed by atoms with Gasteiger partial charge in [0, 0.05) is 6.04 Å². The molecule has 0 aromatic carbocycles. The highest BCUT2D eigenvalue weighted by molar-refractivity contribution is 5.77. The highest BCUT2D eigenvalue weighted by Gasteiger charge is 2.10. The van der Waals surface area contributed by atoms with Crippen molar-refractivity contribution in [1.29, 1.82) is 0 Å². The monoisotopic (exact) mass is 363 g/mol. The third-order valence-corrected chi connectivity index (χ3v) is 3.42.